The van der Waals surface area contributed by atoms with Crippen molar-refractivity contribution in [3.05, 3.63) is 51.5 Å². The molecule has 1 aliphatic heterocycles. The molecule has 2 heterocycles. The van der Waals surface area contributed by atoms with Crippen molar-refractivity contribution in [2.45, 2.75) is 32.4 Å². The van der Waals surface area contributed by atoms with E-state index in [1.54, 1.807) is 39.0 Å². The number of anilines is 2. The average Bonchev–Trinajstić information content (AvgIpc) is 2.58. The normalized spacial score (nSPS) is 14.1. The van der Waals surface area contributed by atoms with Crippen LogP contribution in [0, 0.1) is 5.82 Å². The number of nitrogens with one attached hydrogen (secondary N) is 2. The molecule has 160 valence electrons. The molecule has 0 bridgehead atoms. The van der Waals surface area contributed by atoms with E-state index in [1.165, 1.54) is 11.1 Å². The molecule has 1 fully saturated rings. The zero-order valence-corrected chi connectivity index (χ0v) is 19.0. The van der Waals surface area contributed by atoms with E-state index in [2.05, 4.69) is 31.5 Å². The zero-order chi connectivity index (χ0) is 22.1. The number of carbonyl (C=O) groups is 2. The van der Waals surface area contributed by atoms with Crippen molar-refractivity contribution < 1.29 is 18.7 Å². The second-order valence-corrected chi connectivity index (χ2v) is 9.17. The first-order valence-corrected chi connectivity index (χ1v) is 10.3. The van der Waals surface area contributed by atoms with Gasteiger partial charge >= 0.3 is 6.09 Å². The number of halogens is 3. The Morgan fingerprint density at radius 3 is 2.60 bits per heavy atom. The van der Waals surface area contributed by atoms with Gasteiger partial charge in [0.25, 0.3) is 5.91 Å². The summed E-state index contributed by atoms with van der Waals surface area (Å²) in [6.07, 6.45) is 1.87. The summed E-state index contributed by atoms with van der Waals surface area (Å²) in [7, 11) is 0. The highest BCUT2D eigenvalue weighted by molar-refractivity contribution is 9.10. The summed E-state index contributed by atoms with van der Waals surface area (Å²) in [6.45, 7) is 5.91. The molecule has 2 aromatic rings. The highest BCUT2D eigenvalue weighted by Gasteiger charge is 2.35. The van der Waals surface area contributed by atoms with Crippen LogP contribution in [-0.4, -0.2) is 46.6 Å². The Balaban J connectivity index is 1.68. The third-order valence-electron chi connectivity index (χ3n) is 4.20. The van der Waals surface area contributed by atoms with Crippen molar-refractivity contribution >= 4 is 50.9 Å². The van der Waals surface area contributed by atoms with Gasteiger partial charge in [-0.2, -0.15) is 0 Å². The molecule has 0 radical (unpaired) electrons. The van der Waals surface area contributed by atoms with Gasteiger partial charge in [0.1, 0.15) is 11.2 Å². The number of rotatable bonds is 4. The molecule has 30 heavy (non-hydrogen) atoms. The zero-order valence-electron chi connectivity index (χ0n) is 16.6. The number of nitrogens with zero attached hydrogens (tertiary/aromatic N) is 2. The molecular formula is C20H21BrClFN4O3. The predicted octanol–water partition coefficient (Wildman–Crippen LogP) is 4.73. The van der Waals surface area contributed by atoms with Crippen LogP contribution in [-0.2, 0) is 4.74 Å². The number of amides is 2. The number of benzene rings is 1. The summed E-state index contributed by atoms with van der Waals surface area (Å²) in [5.41, 5.74) is -0.0960. The first kappa shape index (κ1) is 22.3. The van der Waals surface area contributed by atoms with Crippen molar-refractivity contribution in [1.29, 1.82) is 0 Å². The van der Waals surface area contributed by atoms with E-state index in [4.69, 9.17) is 16.3 Å². The third-order valence-corrected chi connectivity index (χ3v) is 5.00. The van der Waals surface area contributed by atoms with Crippen LogP contribution in [0.3, 0.4) is 0 Å². The quantitative estimate of drug-likeness (QED) is 0.635. The van der Waals surface area contributed by atoms with Gasteiger partial charge < -0.3 is 20.3 Å². The fourth-order valence-electron chi connectivity index (χ4n) is 2.80. The SMILES string of the molecule is CC(C)(C)OC(=O)N1CC(NC(=O)c2c(F)cncc2Nc2ccc(Br)cc2Cl)C1. The van der Waals surface area contributed by atoms with E-state index in [0.717, 1.165) is 10.7 Å². The molecule has 0 aliphatic carbocycles. The van der Waals surface area contributed by atoms with Crippen LogP contribution in [0.1, 0.15) is 31.1 Å². The summed E-state index contributed by atoms with van der Waals surface area (Å²) < 4.78 is 20.5. The maximum Gasteiger partial charge on any atom is 0.410 e. The van der Waals surface area contributed by atoms with Crippen LogP contribution in [0.25, 0.3) is 0 Å². The molecule has 1 aromatic heterocycles. The Labute approximate surface area is 187 Å². The van der Waals surface area contributed by atoms with Gasteiger partial charge in [-0.25, -0.2) is 9.18 Å². The average molecular weight is 500 g/mol. The topological polar surface area (TPSA) is 83.6 Å². The molecule has 0 atom stereocenters. The second-order valence-electron chi connectivity index (χ2n) is 7.85. The van der Waals surface area contributed by atoms with Crippen LogP contribution in [0.5, 0.6) is 0 Å². The third kappa shape index (κ3) is 5.40. The van der Waals surface area contributed by atoms with Gasteiger partial charge in [0, 0.05) is 17.6 Å². The monoisotopic (exact) mass is 498 g/mol. The summed E-state index contributed by atoms with van der Waals surface area (Å²) in [4.78, 5) is 30.0. The predicted molar refractivity (Wildman–Crippen MR) is 116 cm³/mol. The van der Waals surface area contributed by atoms with Gasteiger partial charge in [-0.3, -0.25) is 9.78 Å². The van der Waals surface area contributed by atoms with Crippen molar-refractivity contribution in [3.8, 4) is 0 Å². The van der Waals surface area contributed by atoms with E-state index in [0.29, 0.717) is 10.7 Å². The highest BCUT2D eigenvalue weighted by atomic mass is 79.9. The van der Waals surface area contributed by atoms with Crippen LogP contribution >= 0.6 is 27.5 Å². The Kier molecular flexibility index (Phi) is 6.52. The molecule has 3 rings (SSSR count). The van der Waals surface area contributed by atoms with Gasteiger partial charge in [-0.15, -0.1) is 0 Å². The van der Waals surface area contributed by atoms with Crippen molar-refractivity contribution in [3.63, 3.8) is 0 Å². The Morgan fingerprint density at radius 1 is 1.27 bits per heavy atom. The van der Waals surface area contributed by atoms with Gasteiger partial charge in [-0.1, -0.05) is 27.5 Å². The molecular weight excluding hydrogens is 479 g/mol. The lowest BCUT2D eigenvalue weighted by Crippen LogP contribution is -2.61. The smallest absolute Gasteiger partial charge is 0.410 e. The van der Waals surface area contributed by atoms with Crippen LogP contribution < -0.4 is 10.6 Å². The van der Waals surface area contributed by atoms with Crippen LogP contribution in [0.15, 0.2) is 35.1 Å². The Hall–Kier alpha value is -2.39. The molecule has 0 unspecified atom stereocenters. The van der Waals surface area contributed by atoms with E-state index in [1.807, 2.05) is 0 Å². The van der Waals surface area contributed by atoms with Crippen molar-refractivity contribution in [2.24, 2.45) is 0 Å². The summed E-state index contributed by atoms with van der Waals surface area (Å²) in [5.74, 6) is -1.38. The fraction of sp³-hybridized carbons (Fsp3) is 0.350. The van der Waals surface area contributed by atoms with E-state index in [-0.39, 0.29) is 30.4 Å². The summed E-state index contributed by atoms with van der Waals surface area (Å²) in [5, 5.41) is 6.08. The van der Waals surface area contributed by atoms with Gasteiger partial charge in [-0.05, 0) is 39.0 Å². The Morgan fingerprint density at radius 2 is 1.97 bits per heavy atom. The minimum absolute atomic E-state index is 0.181. The molecule has 0 saturated carbocycles. The molecule has 0 spiro atoms. The Bertz CT molecular complexity index is 977. The molecule has 2 N–H and O–H groups in total. The summed E-state index contributed by atoms with van der Waals surface area (Å²) in [6, 6.07) is 4.83. The molecule has 1 saturated heterocycles. The number of pyridine rings is 1. The maximum absolute atomic E-state index is 14.4. The number of aromatic nitrogens is 1. The highest BCUT2D eigenvalue weighted by Crippen LogP contribution is 2.30. The molecule has 2 amide bonds. The molecule has 10 heteroatoms. The lowest BCUT2D eigenvalue weighted by molar-refractivity contribution is 0.00531. The number of hydrogen-bond donors (Lipinski definition) is 2. The first-order chi connectivity index (χ1) is 14.0. The van der Waals surface area contributed by atoms with E-state index >= 15 is 0 Å². The number of carbonyl (C=O) groups excluding carboxylic acids is 2. The number of likely N-dealkylation sites (tertiary alicyclic amines) is 1. The van der Waals surface area contributed by atoms with Crippen molar-refractivity contribution in [1.82, 2.24) is 15.2 Å². The number of ether oxygens (including phenoxy) is 1. The molecule has 1 aromatic carbocycles. The second kappa shape index (κ2) is 8.77. The largest absolute Gasteiger partial charge is 0.444 e. The van der Waals surface area contributed by atoms with Crippen molar-refractivity contribution in [2.75, 3.05) is 18.4 Å². The first-order valence-electron chi connectivity index (χ1n) is 9.18. The summed E-state index contributed by atoms with van der Waals surface area (Å²) >= 11 is 9.52. The van der Waals surface area contributed by atoms with Crippen LogP contribution in [0.2, 0.25) is 5.02 Å². The van der Waals surface area contributed by atoms with Gasteiger partial charge in [0.15, 0.2) is 5.82 Å². The molecule has 1 aliphatic rings. The minimum atomic E-state index is -0.769. The fourth-order valence-corrected chi connectivity index (χ4v) is 3.52. The lowest BCUT2D eigenvalue weighted by Gasteiger charge is -2.40. The van der Waals surface area contributed by atoms with E-state index in [9.17, 15) is 14.0 Å². The number of hydrogen-bond acceptors (Lipinski definition) is 5. The maximum atomic E-state index is 14.4. The van der Waals surface area contributed by atoms with Crippen LogP contribution in [0.4, 0.5) is 20.6 Å². The minimum Gasteiger partial charge on any atom is -0.444 e. The van der Waals surface area contributed by atoms with E-state index < -0.39 is 23.4 Å². The molecule has 7 nitrogen and oxygen atoms in total. The lowest BCUT2D eigenvalue weighted by atomic mass is 10.1. The standard InChI is InChI=1S/C20H21BrClFN4O3/c1-20(2,3)30-19(29)27-9-12(10-27)25-18(28)17-14(23)7-24-8-16(17)26-15-5-4-11(21)6-13(15)22/h4-8,12,26H,9-10H2,1-3H3,(H,25,28). The van der Waals surface area contributed by atoms with Gasteiger partial charge in [0.2, 0.25) is 0 Å². The van der Waals surface area contributed by atoms with Gasteiger partial charge in [0.05, 0.1) is 34.8 Å².